The van der Waals surface area contributed by atoms with E-state index in [-0.39, 0.29) is 22.2 Å². The summed E-state index contributed by atoms with van der Waals surface area (Å²) in [4.78, 5) is 32.4. The van der Waals surface area contributed by atoms with Crippen molar-refractivity contribution in [3.05, 3.63) is 66.9 Å². The Bertz CT molecular complexity index is 1100. The minimum Gasteiger partial charge on any atom is -0.324 e. The third-order valence-electron chi connectivity index (χ3n) is 4.05. The highest BCUT2D eigenvalue weighted by Crippen LogP contribution is 2.41. The van der Waals surface area contributed by atoms with Gasteiger partial charge in [0.15, 0.2) is 10.6 Å². The molecule has 12 heteroatoms. The second-order valence-electron chi connectivity index (χ2n) is 6.34. The zero-order valence-corrected chi connectivity index (χ0v) is 17.5. The van der Waals surface area contributed by atoms with Crippen molar-refractivity contribution in [2.75, 3.05) is 5.32 Å². The average Bonchev–Trinajstić information content (AvgIpc) is 2.70. The van der Waals surface area contributed by atoms with E-state index in [0.29, 0.717) is 17.6 Å². The van der Waals surface area contributed by atoms with Crippen molar-refractivity contribution < 1.29 is 14.6 Å². The maximum absolute atomic E-state index is 11.6. The topological polar surface area (TPSA) is 144 Å². The van der Waals surface area contributed by atoms with Gasteiger partial charge in [0.25, 0.3) is 5.69 Å². The van der Waals surface area contributed by atoms with E-state index in [1.54, 1.807) is 12.1 Å². The molecule has 0 atom stereocenters. The molecule has 0 unspecified atom stereocenters. The number of azo groups is 1. The first kappa shape index (κ1) is 23.4. The summed E-state index contributed by atoms with van der Waals surface area (Å²) in [5.74, 6) is -0.318. The molecule has 2 rings (SSSR count). The zero-order valence-electron chi connectivity index (χ0n) is 16.7. The van der Waals surface area contributed by atoms with Gasteiger partial charge in [0.1, 0.15) is 5.69 Å². The van der Waals surface area contributed by atoms with Crippen LogP contribution in [0, 0.1) is 26.8 Å². The Balaban J connectivity index is 2.53. The van der Waals surface area contributed by atoms with Crippen molar-refractivity contribution >= 4 is 46.3 Å². The normalized spacial score (nSPS) is 10.6. The van der Waals surface area contributed by atoms with Crippen molar-refractivity contribution in [1.82, 2.24) is 0 Å². The Labute approximate surface area is 181 Å². The first-order chi connectivity index (χ1) is 14.8. The van der Waals surface area contributed by atoms with E-state index < -0.39 is 21.2 Å². The molecule has 2 aromatic rings. The van der Waals surface area contributed by atoms with E-state index >= 15 is 0 Å². The molecule has 0 fully saturated rings. The van der Waals surface area contributed by atoms with Gasteiger partial charge in [0.2, 0.25) is 5.91 Å². The van der Waals surface area contributed by atoms with E-state index in [4.69, 9.17) is 6.57 Å². The molecule has 2 aromatic carbocycles. The maximum Gasteiger partial charge on any atom is 0.303 e. The van der Waals surface area contributed by atoms with Crippen LogP contribution in [0.2, 0.25) is 0 Å². The smallest absolute Gasteiger partial charge is 0.303 e. The summed E-state index contributed by atoms with van der Waals surface area (Å²) in [5, 5.41) is 33.2. The van der Waals surface area contributed by atoms with Crippen LogP contribution >= 0.6 is 11.9 Å². The lowest BCUT2D eigenvalue weighted by Crippen LogP contribution is -2.06. The number of anilines is 1. The van der Waals surface area contributed by atoms with Gasteiger partial charge in [0, 0.05) is 13.0 Å². The first-order valence-electron chi connectivity index (χ1n) is 9.09. The Hall–Kier alpha value is -3.85. The van der Waals surface area contributed by atoms with Gasteiger partial charge in [-0.25, -0.2) is 10.8 Å². The Morgan fingerprint density at radius 2 is 1.81 bits per heavy atom. The molecule has 0 aliphatic rings. The number of nitrogens with one attached hydrogen (secondary N) is 1. The van der Waals surface area contributed by atoms with Gasteiger partial charge in [-0.1, -0.05) is 19.4 Å². The van der Waals surface area contributed by atoms with Crippen LogP contribution in [0.15, 0.2) is 45.5 Å². The van der Waals surface area contributed by atoms with Gasteiger partial charge >= 0.3 is 17.6 Å². The number of nitro groups is 2. The number of aryl methyl sites for hydroxylation is 1. The summed E-state index contributed by atoms with van der Waals surface area (Å²) in [7, 11) is 0. The number of nitro benzene ring substituents is 2. The van der Waals surface area contributed by atoms with Crippen molar-refractivity contribution in [2.45, 2.75) is 38.0 Å². The third kappa shape index (κ3) is 6.31. The standard InChI is InChI=1S/C19H18N6O5S/c1-4-5-6-13-7-8-14(15(9-13)21-12(2)26)22-23-16-10-19(31-20-3)18(25(29)30)11-17(16)24(27)28/h7-11H,4-6H2,1-2H3,(H,21,26). The van der Waals surface area contributed by atoms with E-state index in [1.165, 1.54) is 6.92 Å². The lowest BCUT2D eigenvalue weighted by molar-refractivity contribution is -0.395. The first-order valence-corrected chi connectivity index (χ1v) is 9.87. The van der Waals surface area contributed by atoms with Crippen molar-refractivity contribution in [1.29, 1.82) is 0 Å². The van der Waals surface area contributed by atoms with Gasteiger partial charge in [-0.05, 0) is 30.5 Å². The molecule has 0 saturated carbocycles. The molecule has 0 aliphatic heterocycles. The Morgan fingerprint density at radius 3 is 2.39 bits per heavy atom. The van der Waals surface area contributed by atoms with Crippen LogP contribution < -0.4 is 5.32 Å². The fourth-order valence-electron chi connectivity index (χ4n) is 2.64. The number of carbonyl (C=O) groups excluding carboxylic acids is 1. The minimum absolute atomic E-state index is 0.0865. The van der Waals surface area contributed by atoms with Gasteiger partial charge in [-0.3, -0.25) is 25.0 Å². The number of carbonyl (C=O) groups is 1. The van der Waals surface area contributed by atoms with Crippen LogP contribution in [0.25, 0.3) is 4.25 Å². The molecule has 31 heavy (non-hydrogen) atoms. The highest BCUT2D eigenvalue weighted by Gasteiger charge is 2.27. The predicted molar refractivity (Wildman–Crippen MR) is 116 cm³/mol. The largest absolute Gasteiger partial charge is 0.324 e. The summed E-state index contributed by atoms with van der Waals surface area (Å²) in [6.07, 6.45) is 2.79. The molecular weight excluding hydrogens is 424 g/mol. The van der Waals surface area contributed by atoms with Crippen LogP contribution in [0.1, 0.15) is 32.3 Å². The quantitative estimate of drug-likeness (QED) is 0.162. The molecule has 1 N–H and O–H groups in total. The van der Waals surface area contributed by atoms with E-state index in [2.05, 4.69) is 26.7 Å². The number of nitrogens with zero attached hydrogens (tertiary/aromatic N) is 5. The third-order valence-corrected chi connectivity index (χ3v) is 4.66. The summed E-state index contributed by atoms with van der Waals surface area (Å²) in [5.41, 5.74) is 0.219. The van der Waals surface area contributed by atoms with Crippen molar-refractivity contribution in [3.8, 4) is 0 Å². The lowest BCUT2D eigenvalue weighted by Gasteiger charge is -2.08. The van der Waals surface area contributed by atoms with Gasteiger partial charge < -0.3 is 5.32 Å². The number of hydrogen-bond donors (Lipinski definition) is 1. The lowest BCUT2D eigenvalue weighted by atomic mass is 10.1. The molecule has 11 nitrogen and oxygen atoms in total. The molecule has 0 bridgehead atoms. The molecule has 0 aromatic heterocycles. The molecule has 1 amide bonds. The van der Waals surface area contributed by atoms with Gasteiger partial charge in [-0.15, -0.1) is 10.2 Å². The van der Waals surface area contributed by atoms with Crippen LogP contribution in [-0.2, 0) is 11.2 Å². The molecule has 160 valence electrons. The summed E-state index contributed by atoms with van der Waals surface area (Å²) in [6.45, 7) is 10.3. The molecule has 0 saturated heterocycles. The minimum atomic E-state index is -0.809. The van der Waals surface area contributed by atoms with Crippen LogP contribution in [-0.4, -0.2) is 15.8 Å². The second kappa shape index (κ2) is 10.8. The van der Waals surface area contributed by atoms with Gasteiger partial charge in [0.05, 0.1) is 21.6 Å². The van der Waals surface area contributed by atoms with Gasteiger partial charge in [-0.2, -0.15) is 0 Å². The summed E-state index contributed by atoms with van der Waals surface area (Å²) < 4.78 is 3.04. The van der Waals surface area contributed by atoms with Crippen molar-refractivity contribution in [2.24, 2.45) is 10.2 Å². The molecule has 0 aliphatic carbocycles. The molecule has 0 radical (unpaired) electrons. The highest BCUT2D eigenvalue weighted by atomic mass is 32.2. The number of rotatable bonds is 9. The Kier molecular flexibility index (Phi) is 8.16. The van der Waals surface area contributed by atoms with Crippen LogP contribution in [0.4, 0.5) is 28.4 Å². The monoisotopic (exact) mass is 442 g/mol. The zero-order chi connectivity index (χ0) is 23.0. The van der Waals surface area contributed by atoms with E-state index in [0.717, 1.165) is 37.0 Å². The molecule has 0 heterocycles. The SMILES string of the molecule is [C-]#[N+]Sc1cc(N=Nc2ccc(CCCC)cc2NC(C)=O)c([N+](=O)[O-])cc1[N+](=O)[O-]. The van der Waals surface area contributed by atoms with E-state index in [1.807, 2.05) is 6.07 Å². The van der Waals surface area contributed by atoms with Crippen molar-refractivity contribution in [3.63, 3.8) is 0 Å². The number of amides is 1. The number of benzene rings is 2. The van der Waals surface area contributed by atoms with Crippen LogP contribution in [0.3, 0.4) is 0 Å². The maximum atomic E-state index is 11.6. The number of hydrogen-bond acceptors (Lipinski definition) is 8. The highest BCUT2D eigenvalue weighted by molar-refractivity contribution is 8.01. The fraction of sp³-hybridized carbons (Fsp3) is 0.263. The van der Waals surface area contributed by atoms with E-state index in [9.17, 15) is 25.0 Å². The second-order valence-corrected chi connectivity index (χ2v) is 7.15. The summed E-state index contributed by atoms with van der Waals surface area (Å²) >= 11 is 0.476. The summed E-state index contributed by atoms with van der Waals surface area (Å²) in [6, 6.07) is 7.04. The van der Waals surface area contributed by atoms with Crippen LogP contribution in [0.5, 0.6) is 0 Å². The Morgan fingerprint density at radius 1 is 1.13 bits per heavy atom. The predicted octanol–water partition coefficient (Wildman–Crippen LogP) is 6.15. The molecule has 0 spiro atoms. The molecular formula is C19H18N6O5S. The fourth-order valence-corrected chi connectivity index (χ4v) is 3.13. The average molecular weight is 442 g/mol. The number of unbranched alkanes of at least 4 members (excludes halogenated alkanes) is 1.